The SMILES string of the molecule is CCCCCCCCCC(Oc1ccc(-c2ccc(-c3ccc4c(c3)C3(c5cc(C)ccc5-4)C4(C)CCC3(C)CC4)cc2)cc1)N1C(=O)C=CC1=O. The molecule has 1 unspecified atom stereocenters. The Bertz CT molecular complexity index is 1980. The zero-order valence-electron chi connectivity index (χ0n) is 31.5. The highest BCUT2D eigenvalue weighted by molar-refractivity contribution is 6.13. The Labute approximate surface area is 310 Å². The number of fused-ring (bicyclic) bond motifs is 3. The molecule has 1 aliphatic heterocycles. The van der Waals surface area contributed by atoms with Crippen LogP contribution in [0.3, 0.4) is 0 Å². The lowest BCUT2D eigenvalue weighted by molar-refractivity contribution is -0.146. The van der Waals surface area contributed by atoms with Crippen LogP contribution in [0.2, 0.25) is 0 Å². The number of hydrogen-bond donors (Lipinski definition) is 0. The topological polar surface area (TPSA) is 46.6 Å². The predicted octanol–water partition coefficient (Wildman–Crippen LogP) is 12.0. The van der Waals surface area contributed by atoms with Crippen LogP contribution >= 0.6 is 0 Å². The normalized spacial score (nSPS) is 24.6. The number of nitrogens with zero attached hydrogens (tertiary/aromatic N) is 1. The summed E-state index contributed by atoms with van der Waals surface area (Å²) in [7, 11) is 0. The molecule has 0 N–H and O–H groups in total. The maximum Gasteiger partial charge on any atom is 0.256 e. The van der Waals surface area contributed by atoms with Crippen molar-refractivity contribution < 1.29 is 14.3 Å². The maximum absolute atomic E-state index is 12.6. The number of ether oxygens (including phenoxy) is 1. The van der Waals surface area contributed by atoms with Gasteiger partial charge in [-0.2, -0.15) is 0 Å². The largest absolute Gasteiger partial charge is 0.470 e. The Morgan fingerprint density at radius 1 is 0.615 bits per heavy atom. The molecule has 8 rings (SSSR count). The van der Waals surface area contributed by atoms with Crippen LogP contribution in [0.5, 0.6) is 5.75 Å². The molecule has 0 saturated heterocycles. The number of unbranched alkanes of at least 4 members (excludes halogenated alkanes) is 6. The summed E-state index contributed by atoms with van der Waals surface area (Å²) in [5.41, 5.74) is 12.7. The Morgan fingerprint density at radius 3 is 1.69 bits per heavy atom. The van der Waals surface area contributed by atoms with Gasteiger partial charge >= 0.3 is 0 Å². The first-order valence-electron chi connectivity index (χ1n) is 19.9. The summed E-state index contributed by atoms with van der Waals surface area (Å²) in [6.07, 6.45) is 16.0. The van der Waals surface area contributed by atoms with Crippen molar-refractivity contribution in [3.05, 3.63) is 114 Å². The molecule has 52 heavy (non-hydrogen) atoms. The van der Waals surface area contributed by atoms with E-state index in [0.717, 1.165) is 24.0 Å². The van der Waals surface area contributed by atoms with E-state index in [1.807, 2.05) is 12.1 Å². The predicted molar refractivity (Wildman–Crippen MR) is 211 cm³/mol. The van der Waals surface area contributed by atoms with E-state index in [4.69, 9.17) is 4.74 Å². The molecule has 1 spiro atoms. The second kappa shape index (κ2) is 13.5. The highest BCUT2D eigenvalue weighted by atomic mass is 16.5. The fraction of sp³-hybridized carbons (Fsp3) is 0.417. The summed E-state index contributed by atoms with van der Waals surface area (Å²) < 4.78 is 6.34. The fourth-order valence-electron chi connectivity index (χ4n) is 10.7. The molecule has 2 saturated carbocycles. The highest BCUT2D eigenvalue weighted by Crippen LogP contribution is 2.78. The monoisotopic (exact) mass is 691 g/mol. The summed E-state index contributed by atoms with van der Waals surface area (Å²) in [4.78, 5) is 26.4. The van der Waals surface area contributed by atoms with Crippen molar-refractivity contribution in [3.8, 4) is 39.1 Å². The van der Waals surface area contributed by atoms with Crippen LogP contribution in [0.15, 0.2) is 97.1 Å². The van der Waals surface area contributed by atoms with Crippen molar-refractivity contribution in [2.75, 3.05) is 0 Å². The molecule has 4 nitrogen and oxygen atoms in total. The van der Waals surface area contributed by atoms with Gasteiger partial charge in [-0.3, -0.25) is 9.59 Å². The molecule has 4 aromatic carbocycles. The number of benzene rings is 4. The van der Waals surface area contributed by atoms with Crippen LogP contribution in [-0.4, -0.2) is 22.9 Å². The standard InChI is InChI=1S/C48H53NO3/c1-5-6-7-8-9-10-11-12-45(49-43(50)25-26-44(49)51)52-38-21-18-35(19-22-38)34-14-16-36(17-15-34)37-20-24-40-39-23-13-33(2)31-41(39)48(42(40)32-37)46(3)27-29-47(48,4)30-28-46/h13-26,31-32,45H,5-12,27-30H2,1-4H3. The highest BCUT2D eigenvalue weighted by Gasteiger charge is 2.71. The van der Waals surface area contributed by atoms with Gasteiger partial charge in [0.05, 0.1) is 0 Å². The molecule has 2 bridgehead atoms. The Hall–Kier alpha value is -4.44. The van der Waals surface area contributed by atoms with E-state index >= 15 is 0 Å². The van der Waals surface area contributed by atoms with Gasteiger partial charge in [0.2, 0.25) is 0 Å². The molecule has 268 valence electrons. The Morgan fingerprint density at radius 2 is 1.10 bits per heavy atom. The maximum atomic E-state index is 12.6. The molecular weight excluding hydrogens is 639 g/mol. The van der Waals surface area contributed by atoms with Gasteiger partial charge in [-0.25, -0.2) is 4.90 Å². The first-order chi connectivity index (χ1) is 25.2. The van der Waals surface area contributed by atoms with Crippen LogP contribution < -0.4 is 4.74 Å². The molecule has 4 aromatic rings. The van der Waals surface area contributed by atoms with Gasteiger partial charge in [-0.05, 0) is 113 Å². The lowest BCUT2D eigenvalue weighted by Crippen LogP contribution is -2.43. The molecule has 2 fully saturated rings. The first-order valence-corrected chi connectivity index (χ1v) is 19.9. The lowest BCUT2D eigenvalue weighted by atomic mass is 9.57. The third-order valence-corrected chi connectivity index (χ3v) is 13.4. The van der Waals surface area contributed by atoms with Crippen molar-refractivity contribution >= 4 is 11.8 Å². The van der Waals surface area contributed by atoms with Gasteiger partial charge in [0.25, 0.3) is 11.8 Å². The smallest absolute Gasteiger partial charge is 0.256 e. The third-order valence-electron chi connectivity index (χ3n) is 13.4. The second-order valence-corrected chi connectivity index (χ2v) is 16.6. The van der Waals surface area contributed by atoms with Gasteiger partial charge in [0.15, 0.2) is 6.23 Å². The number of hydrogen-bond acceptors (Lipinski definition) is 3. The zero-order valence-corrected chi connectivity index (χ0v) is 31.5. The van der Waals surface area contributed by atoms with E-state index in [9.17, 15) is 9.59 Å². The Kier molecular flexibility index (Phi) is 9.00. The van der Waals surface area contributed by atoms with Gasteiger partial charge in [0.1, 0.15) is 5.75 Å². The quantitative estimate of drug-likeness (QED) is 0.104. The van der Waals surface area contributed by atoms with Crippen LogP contribution in [0, 0.1) is 17.8 Å². The molecule has 4 aliphatic rings. The summed E-state index contributed by atoms with van der Waals surface area (Å²) in [6, 6.07) is 31.4. The van der Waals surface area contributed by atoms with Crippen LogP contribution in [0.4, 0.5) is 0 Å². The average molecular weight is 692 g/mol. The van der Waals surface area contributed by atoms with E-state index in [-0.39, 0.29) is 28.1 Å². The minimum Gasteiger partial charge on any atom is -0.470 e. The van der Waals surface area contributed by atoms with Crippen LogP contribution in [0.1, 0.15) is 115 Å². The molecule has 1 heterocycles. The number of carbonyl (C=O) groups excluding carboxylic acids is 2. The van der Waals surface area contributed by atoms with Crippen molar-refractivity contribution in [1.29, 1.82) is 0 Å². The average Bonchev–Trinajstić information content (AvgIpc) is 3.80. The van der Waals surface area contributed by atoms with Crippen molar-refractivity contribution in [2.45, 2.75) is 116 Å². The van der Waals surface area contributed by atoms with Gasteiger partial charge in [-0.15, -0.1) is 0 Å². The van der Waals surface area contributed by atoms with Gasteiger partial charge < -0.3 is 4.74 Å². The van der Waals surface area contributed by atoms with E-state index < -0.39 is 6.23 Å². The van der Waals surface area contributed by atoms with E-state index in [1.54, 1.807) is 11.1 Å². The summed E-state index contributed by atoms with van der Waals surface area (Å²) in [5.74, 6) is 0.0611. The number of amides is 2. The van der Waals surface area contributed by atoms with Crippen LogP contribution in [0.25, 0.3) is 33.4 Å². The Balaban J connectivity index is 1.00. The van der Waals surface area contributed by atoms with Crippen LogP contribution in [-0.2, 0) is 15.0 Å². The molecule has 2 amide bonds. The fourth-order valence-corrected chi connectivity index (χ4v) is 10.7. The molecular formula is C48H53NO3. The molecule has 0 aromatic heterocycles. The summed E-state index contributed by atoms with van der Waals surface area (Å²) in [5, 5.41) is 0. The minimum absolute atomic E-state index is 0.0651. The number of carbonyl (C=O) groups is 2. The summed E-state index contributed by atoms with van der Waals surface area (Å²) >= 11 is 0. The van der Waals surface area contributed by atoms with E-state index in [1.165, 1.54) is 103 Å². The second-order valence-electron chi connectivity index (χ2n) is 16.6. The molecule has 0 radical (unpaired) electrons. The summed E-state index contributed by atoms with van der Waals surface area (Å²) in [6.45, 7) is 9.62. The number of imide groups is 1. The molecule has 4 heteroatoms. The lowest BCUT2D eigenvalue weighted by Gasteiger charge is -2.45. The van der Waals surface area contributed by atoms with E-state index in [0.29, 0.717) is 12.2 Å². The molecule has 3 aliphatic carbocycles. The first kappa shape index (κ1) is 34.6. The third kappa shape index (κ3) is 5.56. The number of rotatable bonds is 13. The van der Waals surface area contributed by atoms with Gasteiger partial charge in [0, 0.05) is 24.0 Å². The number of aryl methyl sites for hydroxylation is 1. The van der Waals surface area contributed by atoms with Crippen molar-refractivity contribution in [1.82, 2.24) is 4.90 Å². The van der Waals surface area contributed by atoms with Crippen molar-refractivity contribution in [2.24, 2.45) is 10.8 Å². The van der Waals surface area contributed by atoms with Crippen molar-refractivity contribution in [3.63, 3.8) is 0 Å². The minimum atomic E-state index is -0.608. The van der Waals surface area contributed by atoms with E-state index in [2.05, 4.69) is 100 Å². The zero-order chi connectivity index (χ0) is 36.1. The van der Waals surface area contributed by atoms with Gasteiger partial charge in [-0.1, -0.05) is 132 Å². The molecule has 1 atom stereocenters.